The van der Waals surface area contributed by atoms with Crippen LogP contribution in [0.5, 0.6) is 0 Å². The normalized spacial score (nSPS) is 17.7. The van der Waals surface area contributed by atoms with Gasteiger partial charge in [0.15, 0.2) is 0 Å². The molecule has 2 aromatic carbocycles. The number of nitrogens with one attached hydrogen (secondary N) is 2. The molecule has 2 N–H and O–H groups in total. The zero-order valence-electron chi connectivity index (χ0n) is 12.8. The van der Waals surface area contributed by atoms with Crippen molar-refractivity contribution in [2.24, 2.45) is 0 Å². The van der Waals surface area contributed by atoms with Gasteiger partial charge >= 0.3 is 0 Å². The fourth-order valence-electron chi connectivity index (χ4n) is 2.66. The highest BCUT2D eigenvalue weighted by atomic mass is 35.5. The molecule has 0 radical (unpaired) electrons. The number of hydrogen-bond donors (Lipinski definition) is 2. The van der Waals surface area contributed by atoms with Crippen LogP contribution in [0.15, 0.2) is 53.4 Å². The van der Waals surface area contributed by atoms with Gasteiger partial charge in [0.1, 0.15) is 0 Å². The molecule has 0 aromatic heterocycles. The molecule has 0 bridgehead atoms. The van der Waals surface area contributed by atoms with Gasteiger partial charge in [0, 0.05) is 30.5 Å². The number of amides is 1. The summed E-state index contributed by atoms with van der Waals surface area (Å²) >= 11 is 6.04. The molecule has 1 aliphatic heterocycles. The van der Waals surface area contributed by atoms with Gasteiger partial charge in [0.05, 0.1) is 4.90 Å². The van der Waals surface area contributed by atoms with E-state index in [4.69, 9.17) is 11.6 Å². The summed E-state index contributed by atoms with van der Waals surface area (Å²) in [7, 11) is -3.62. The number of hydrogen-bond acceptors (Lipinski definition) is 3. The van der Waals surface area contributed by atoms with Gasteiger partial charge in [-0.05, 0) is 29.3 Å². The number of benzene rings is 2. The molecular formula is C17H17ClN2O3S. The van der Waals surface area contributed by atoms with Crippen LogP contribution in [0.25, 0.3) is 0 Å². The Morgan fingerprint density at radius 2 is 1.83 bits per heavy atom. The predicted molar refractivity (Wildman–Crippen MR) is 92.3 cm³/mol. The summed E-state index contributed by atoms with van der Waals surface area (Å²) in [4.78, 5) is 11.5. The molecule has 0 unspecified atom stereocenters. The highest BCUT2D eigenvalue weighted by Gasteiger charge is 2.23. The Bertz CT molecular complexity index is 850. The third kappa shape index (κ3) is 3.77. The van der Waals surface area contributed by atoms with Gasteiger partial charge < -0.3 is 5.32 Å². The molecule has 0 aliphatic carbocycles. The van der Waals surface area contributed by atoms with E-state index in [2.05, 4.69) is 10.0 Å². The summed E-state index contributed by atoms with van der Waals surface area (Å²) in [5.41, 5.74) is 1.67. The second-order valence-electron chi connectivity index (χ2n) is 5.69. The summed E-state index contributed by atoms with van der Waals surface area (Å²) in [5.74, 6) is 0.128. The smallest absolute Gasteiger partial charge is 0.240 e. The Hall–Kier alpha value is -1.89. The van der Waals surface area contributed by atoms with E-state index in [0.717, 1.165) is 11.1 Å². The number of carbonyl (C=O) groups excluding carboxylic acids is 1. The van der Waals surface area contributed by atoms with Gasteiger partial charge in [-0.2, -0.15) is 0 Å². The fraction of sp³-hybridized carbons (Fsp3) is 0.235. The molecule has 1 fully saturated rings. The Morgan fingerprint density at radius 3 is 2.46 bits per heavy atom. The van der Waals surface area contributed by atoms with Crippen LogP contribution in [0.3, 0.4) is 0 Å². The van der Waals surface area contributed by atoms with Crippen LogP contribution in [0.4, 0.5) is 0 Å². The first-order chi connectivity index (χ1) is 11.5. The van der Waals surface area contributed by atoms with E-state index >= 15 is 0 Å². The van der Waals surface area contributed by atoms with Crippen LogP contribution in [0.2, 0.25) is 5.02 Å². The molecular weight excluding hydrogens is 348 g/mol. The molecule has 1 atom stereocenters. The third-order valence-corrected chi connectivity index (χ3v) is 5.84. The van der Waals surface area contributed by atoms with Crippen LogP contribution < -0.4 is 10.0 Å². The van der Waals surface area contributed by atoms with E-state index in [1.807, 2.05) is 0 Å². The zero-order valence-corrected chi connectivity index (χ0v) is 14.4. The lowest BCUT2D eigenvalue weighted by atomic mass is 9.99. The molecule has 2 aromatic rings. The Morgan fingerprint density at radius 1 is 1.12 bits per heavy atom. The van der Waals surface area contributed by atoms with Crippen molar-refractivity contribution < 1.29 is 13.2 Å². The summed E-state index contributed by atoms with van der Waals surface area (Å²) in [5, 5.41) is 3.30. The number of halogens is 1. The van der Waals surface area contributed by atoms with Crippen molar-refractivity contribution in [2.75, 3.05) is 6.54 Å². The lowest BCUT2D eigenvalue weighted by Gasteiger charge is -2.11. The number of sulfonamides is 1. The quantitative estimate of drug-likeness (QED) is 0.855. The highest BCUT2D eigenvalue weighted by molar-refractivity contribution is 7.89. The SMILES string of the molecule is O=C1C[C@@H](c2ccc(S(=O)(=O)NCc3ccccc3Cl)cc2)CN1. The first-order valence-electron chi connectivity index (χ1n) is 7.55. The van der Waals surface area contributed by atoms with E-state index < -0.39 is 10.0 Å². The second-order valence-corrected chi connectivity index (χ2v) is 7.86. The van der Waals surface area contributed by atoms with Gasteiger partial charge in [0.25, 0.3) is 0 Å². The molecule has 1 amide bonds. The molecule has 0 saturated carbocycles. The van der Waals surface area contributed by atoms with E-state index in [-0.39, 0.29) is 23.3 Å². The standard InChI is InChI=1S/C17H17ClN2O3S/c18-16-4-2-1-3-13(16)11-20-24(22,23)15-7-5-12(6-8-15)14-9-17(21)19-10-14/h1-8,14,20H,9-11H2,(H,19,21)/t14-/m1/s1. The molecule has 5 nitrogen and oxygen atoms in total. The van der Waals surface area contributed by atoms with E-state index in [0.29, 0.717) is 18.0 Å². The van der Waals surface area contributed by atoms with Crippen LogP contribution in [-0.2, 0) is 21.4 Å². The molecule has 1 aliphatic rings. The first-order valence-corrected chi connectivity index (χ1v) is 9.41. The van der Waals surface area contributed by atoms with Crippen LogP contribution in [-0.4, -0.2) is 20.9 Å². The van der Waals surface area contributed by atoms with Gasteiger partial charge in [-0.1, -0.05) is 41.9 Å². The molecule has 1 saturated heterocycles. The summed E-state index contributed by atoms with van der Waals surface area (Å²) < 4.78 is 27.3. The number of carbonyl (C=O) groups is 1. The van der Waals surface area contributed by atoms with Crippen molar-refractivity contribution in [1.82, 2.24) is 10.0 Å². The van der Waals surface area contributed by atoms with E-state index in [9.17, 15) is 13.2 Å². The van der Waals surface area contributed by atoms with Crippen molar-refractivity contribution in [3.8, 4) is 0 Å². The largest absolute Gasteiger partial charge is 0.355 e. The van der Waals surface area contributed by atoms with Gasteiger partial charge in [-0.25, -0.2) is 13.1 Å². The molecule has 0 spiro atoms. The average molecular weight is 365 g/mol. The summed E-state index contributed by atoms with van der Waals surface area (Å²) in [6.45, 7) is 0.723. The molecule has 126 valence electrons. The first kappa shape index (κ1) is 17.0. The maximum Gasteiger partial charge on any atom is 0.240 e. The monoisotopic (exact) mass is 364 g/mol. The van der Waals surface area contributed by atoms with Gasteiger partial charge in [0.2, 0.25) is 15.9 Å². The Balaban J connectivity index is 1.70. The minimum atomic E-state index is -3.62. The van der Waals surface area contributed by atoms with Crippen molar-refractivity contribution in [3.05, 3.63) is 64.7 Å². The minimum Gasteiger partial charge on any atom is -0.355 e. The molecule has 7 heteroatoms. The molecule has 3 rings (SSSR count). The van der Waals surface area contributed by atoms with Gasteiger partial charge in [-0.15, -0.1) is 0 Å². The maximum atomic E-state index is 12.4. The van der Waals surface area contributed by atoms with Crippen LogP contribution in [0.1, 0.15) is 23.5 Å². The van der Waals surface area contributed by atoms with Crippen molar-refractivity contribution in [1.29, 1.82) is 0 Å². The lowest BCUT2D eigenvalue weighted by molar-refractivity contribution is -0.119. The van der Waals surface area contributed by atoms with Crippen LogP contribution in [0, 0.1) is 0 Å². The van der Waals surface area contributed by atoms with Crippen molar-refractivity contribution in [2.45, 2.75) is 23.8 Å². The summed E-state index contributed by atoms with van der Waals surface area (Å²) in [6, 6.07) is 13.7. The predicted octanol–water partition coefficient (Wildman–Crippen LogP) is 2.42. The zero-order chi connectivity index (χ0) is 17.2. The highest BCUT2D eigenvalue weighted by Crippen LogP contribution is 2.24. The van der Waals surface area contributed by atoms with Crippen molar-refractivity contribution in [3.63, 3.8) is 0 Å². The summed E-state index contributed by atoms with van der Waals surface area (Å²) in [6.07, 6.45) is 0.441. The number of rotatable bonds is 5. The minimum absolute atomic E-state index is 0.0260. The van der Waals surface area contributed by atoms with Crippen molar-refractivity contribution >= 4 is 27.5 Å². The maximum absolute atomic E-state index is 12.4. The van der Waals surface area contributed by atoms with E-state index in [1.165, 1.54) is 0 Å². The van der Waals surface area contributed by atoms with E-state index in [1.54, 1.807) is 48.5 Å². The van der Waals surface area contributed by atoms with Gasteiger partial charge in [-0.3, -0.25) is 4.79 Å². The molecule has 24 heavy (non-hydrogen) atoms. The lowest BCUT2D eigenvalue weighted by Crippen LogP contribution is -2.23. The average Bonchev–Trinajstić information content (AvgIpc) is 3.01. The third-order valence-electron chi connectivity index (χ3n) is 4.05. The fourth-order valence-corrected chi connectivity index (χ4v) is 3.87. The Kier molecular flexibility index (Phi) is 4.89. The molecule has 1 heterocycles. The topological polar surface area (TPSA) is 75.3 Å². The second kappa shape index (κ2) is 6.93. The Labute approximate surface area is 146 Å². The van der Waals surface area contributed by atoms with Crippen LogP contribution >= 0.6 is 11.6 Å².